The average Bonchev–Trinajstić information content (AvgIpc) is 2.91. The molecule has 0 aliphatic carbocycles. The zero-order valence-electron chi connectivity index (χ0n) is 23.8. The summed E-state index contributed by atoms with van der Waals surface area (Å²) in [5.41, 5.74) is 4.23. The van der Waals surface area contributed by atoms with Crippen molar-refractivity contribution in [2.75, 3.05) is 13.2 Å². The third-order valence-corrected chi connectivity index (χ3v) is 7.47. The highest BCUT2D eigenvalue weighted by atomic mass is 79.9. The highest BCUT2D eigenvalue weighted by Crippen LogP contribution is 2.31. The molecule has 6 heteroatoms. The lowest BCUT2D eigenvalue weighted by atomic mass is 9.87. The van der Waals surface area contributed by atoms with Crippen LogP contribution in [0.3, 0.4) is 0 Å². The zero-order valence-corrected chi connectivity index (χ0v) is 25.4. The molecule has 0 fully saturated rings. The van der Waals surface area contributed by atoms with E-state index in [1.54, 1.807) is 4.90 Å². The van der Waals surface area contributed by atoms with E-state index in [1.807, 2.05) is 79.7 Å². The lowest BCUT2D eigenvalue weighted by Gasteiger charge is -2.32. The molecule has 0 aliphatic rings. The van der Waals surface area contributed by atoms with E-state index >= 15 is 0 Å². The van der Waals surface area contributed by atoms with Crippen molar-refractivity contribution in [3.63, 3.8) is 0 Å². The molecular weight excluding hydrogens is 552 g/mol. The van der Waals surface area contributed by atoms with Gasteiger partial charge in [-0.15, -0.1) is 0 Å². The van der Waals surface area contributed by atoms with E-state index in [0.717, 1.165) is 34.0 Å². The van der Waals surface area contributed by atoms with Gasteiger partial charge in [0.05, 0.1) is 4.47 Å². The predicted molar refractivity (Wildman–Crippen MR) is 162 cm³/mol. The minimum atomic E-state index is -0.674. The summed E-state index contributed by atoms with van der Waals surface area (Å²) in [4.78, 5) is 29.1. The number of unbranched alkanes of at least 4 members (excludes halogenated alkanes) is 1. The molecule has 0 aliphatic heterocycles. The first kappa shape index (κ1) is 30.4. The van der Waals surface area contributed by atoms with E-state index in [9.17, 15) is 9.59 Å². The van der Waals surface area contributed by atoms with Crippen molar-refractivity contribution in [3.8, 4) is 5.75 Å². The second kappa shape index (κ2) is 14.3. The minimum absolute atomic E-state index is 0.00297. The maximum Gasteiger partial charge on any atom is 0.261 e. The van der Waals surface area contributed by atoms with Gasteiger partial charge < -0.3 is 15.0 Å². The molecule has 0 aromatic heterocycles. The number of hydrogen-bond donors (Lipinski definition) is 1. The zero-order chi connectivity index (χ0) is 28.4. The molecule has 1 atom stereocenters. The van der Waals surface area contributed by atoms with E-state index in [1.165, 1.54) is 5.56 Å². The Morgan fingerprint density at radius 2 is 1.69 bits per heavy atom. The Hall–Kier alpha value is -3.12. The summed E-state index contributed by atoms with van der Waals surface area (Å²) in [5.74, 6) is 0.209. The van der Waals surface area contributed by atoms with Gasteiger partial charge in [0.1, 0.15) is 11.8 Å². The monoisotopic (exact) mass is 592 g/mol. The average molecular weight is 594 g/mol. The van der Waals surface area contributed by atoms with Crippen LogP contribution in [0.15, 0.2) is 77.3 Å². The molecular formula is C33H41BrN2O3. The lowest BCUT2D eigenvalue weighted by Crippen LogP contribution is -2.52. The van der Waals surface area contributed by atoms with Crippen molar-refractivity contribution in [2.45, 2.75) is 71.9 Å². The topological polar surface area (TPSA) is 58.6 Å². The van der Waals surface area contributed by atoms with Gasteiger partial charge in [-0.05, 0) is 69.1 Å². The van der Waals surface area contributed by atoms with Crippen LogP contribution < -0.4 is 10.1 Å². The van der Waals surface area contributed by atoms with Gasteiger partial charge in [0.15, 0.2) is 6.61 Å². The summed E-state index contributed by atoms with van der Waals surface area (Å²) >= 11 is 3.61. The Morgan fingerprint density at radius 3 is 2.33 bits per heavy atom. The van der Waals surface area contributed by atoms with Crippen molar-refractivity contribution < 1.29 is 14.3 Å². The molecule has 5 nitrogen and oxygen atoms in total. The smallest absolute Gasteiger partial charge is 0.261 e. The fraction of sp³-hybridized carbons (Fsp3) is 0.394. The quantitative estimate of drug-likeness (QED) is 0.230. The number of benzene rings is 3. The van der Waals surface area contributed by atoms with Crippen LogP contribution in [0.5, 0.6) is 5.75 Å². The van der Waals surface area contributed by atoms with Crippen molar-refractivity contribution in [1.29, 1.82) is 0 Å². The van der Waals surface area contributed by atoms with Crippen molar-refractivity contribution >= 4 is 27.7 Å². The Bertz CT molecular complexity index is 1240. The molecule has 0 heterocycles. The molecule has 1 N–H and O–H groups in total. The van der Waals surface area contributed by atoms with Gasteiger partial charge in [-0.3, -0.25) is 9.59 Å². The van der Waals surface area contributed by atoms with Crippen LogP contribution in [0, 0.1) is 6.92 Å². The highest BCUT2D eigenvalue weighted by Gasteiger charge is 2.31. The number of amides is 2. The van der Waals surface area contributed by atoms with Crippen LogP contribution in [-0.4, -0.2) is 35.9 Å². The van der Waals surface area contributed by atoms with Gasteiger partial charge in [-0.2, -0.15) is 0 Å². The standard InChI is InChI=1S/C33H41BrN2O3/c1-6-7-19-35-32(38)29(20-25-14-9-8-10-15-25)36(22-26-16-12-11-13-24(26)2)31(37)23-39-30-18-17-27(21-28(30)34)33(3,4)5/h8-18,21,29H,6-7,19-20,22-23H2,1-5H3,(H,35,38)/t29-/m1/s1. The molecule has 3 aromatic carbocycles. The molecule has 0 unspecified atom stereocenters. The number of rotatable bonds is 12. The maximum absolute atomic E-state index is 13.8. The van der Waals surface area contributed by atoms with Crippen molar-refractivity contribution in [2.24, 2.45) is 0 Å². The second-order valence-corrected chi connectivity index (χ2v) is 11.8. The summed E-state index contributed by atoms with van der Waals surface area (Å²) in [6.07, 6.45) is 2.28. The molecule has 208 valence electrons. The number of aryl methyl sites for hydroxylation is 1. The summed E-state index contributed by atoms with van der Waals surface area (Å²) < 4.78 is 6.82. The molecule has 0 bridgehead atoms. The number of carbonyl (C=O) groups is 2. The van der Waals surface area contributed by atoms with Crippen LogP contribution >= 0.6 is 15.9 Å². The van der Waals surface area contributed by atoms with Gasteiger partial charge in [0, 0.05) is 19.5 Å². The summed E-state index contributed by atoms with van der Waals surface area (Å²) in [7, 11) is 0. The van der Waals surface area contributed by atoms with E-state index in [-0.39, 0.29) is 23.8 Å². The first-order chi connectivity index (χ1) is 18.6. The Balaban J connectivity index is 1.90. The fourth-order valence-electron chi connectivity index (χ4n) is 4.34. The molecule has 2 amide bonds. The minimum Gasteiger partial charge on any atom is -0.483 e. The SMILES string of the molecule is CCCCNC(=O)[C@@H](Cc1ccccc1)N(Cc1ccccc1C)C(=O)COc1ccc(C(C)(C)C)cc1Br. The van der Waals surface area contributed by atoms with Crippen LogP contribution in [-0.2, 0) is 28.0 Å². The number of halogens is 1. The van der Waals surface area contributed by atoms with E-state index in [4.69, 9.17) is 4.74 Å². The Morgan fingerprint density at radius 1 is 1.00 bits per heavy atom. The summed E-state index contributed by atoms with van der Waals surface area (Å²) in [6.45, 7) is 11.3. The van der Waals surface area contributed by atoms with Crippen LogP contribution in [0.1, 0.15) is 62.8 Å². The number of ether oxygens (including phenoxy) is 1. The first-order valence-electron chi connectivity index (χ1n) is 13.7. The Labute approximate surface area is 242 Å². The molecule has 0 saturated carbocycles. The van der Waals surface area contributed by atoms with Crippen LogP contribution in [0.25, 0.3) is 0 Å². The normalized spacial score (nSPS) is 12.1. The molecule has 3 aromatic rings. The molecule has 0 radical (unpaired) electrons. The molecule has 0 spiro atoms. The van der Waals surface area contributed by atoms with E-state index in [0.29, 0.717) is 25.3 Å². The van der Waals surface area contributed by atoms with Crippen molar-refractivity contribution in [3.05, 3.63) is 99.5 Å². The van der Waals surface area contributed by atoms with Crippen molar-refractivity contribution in [1.82, 2.24) is 10.2 Å². The molecule has 3 rings (SSSR count). The molecule has 0 saturated heterocycles. The largest absolute Gasteiger partial charge is 0.483 e. The summed E-state index contributed by atoms with van der Waals surface area (Å²) in [6, 6.07) is 23.1. The van der Waals surface area contributed by atoms with Gasteiger partial charge in [-0.25, -0.2) is 0 Å². The molecule has 39 heavy (non-hydrogen) atoms. The fourth-order valence-corrected chi connectivity index (χ4v) is 4.83. The van der Waals surface area contributed by atoms with Gasteiger partial charge in [0.2, 0.25) is 5.91 Å². The van der Waals surface area contributed by atoms with Gasteiger partial charge >= 0.3 is 0 Å². The number of carbonyl (C=O) groups excluding carboxylic acids is 2. The van der Waals surface area contributed by atoms with E-state index < -0.39 is 6.04 Å². The summed E-state index contributed by atoms with van der Waals surface area (Å²) in [5, 5.41) is 3.06. The Kier molecular flexibility index (Phi) is 11.2. The lowest BCUT2D eigenvalue weighted by molar-refractivity contribution is -0.142. The second-order valence-electron chi connectivity index (χ2n) is 11.0. The number of nitrogens with zero attached hydrogens (tertiary/aromatic N) is 1. The number of nitrogens with one attached hydrogen (secondary N) is 1. The van der Waals surface area contributed by atoms with Crippen LogP contribution in [0.4, 0.5) is 0 Å². The first-order valence-corrected chi connectivity index (χ1v) is 14.5. The van der Waals surface area contributed by atoms with Gasteiger partial charge in [0.25, 0.3) is 5.91 Å². The van der Waals surface area contributed by atoms with E-state index in [2.05, 4.69) is 48.9 Å². The third kappa shape index (κ3) is 8.96. The predicted octanol–water partition coefficient (Wildman–Crippen LogP) is 6.99. The number of hydrogen-bond acceptors (Lipinski definition) is 3. The third-order valence-electron chi connectivity index (χ3n) is 6.85. The van der Waals surface area contributed by atoms with Gasteiger partial charge in [-0.1, -0.05) is 94.8 Å². The van der Waals surface area contributed by atoms with Crippen LogP contribution in [0.2, 0.25) is 0 Å². The highest BCUT2D eigenvalue weighted by molar-refractivity contribution is 9.10. The maximum atomic E-state index is 13.8.